The molecule has 6 rings (SSSR count). The minimum atomic E-state index is -3.26. The molecule has 4 aromatic rings. The molecule has 0 atom stereocenters. The van der Waals surface area contributed by atoms with Crippen LogP contribution in [0.5, 0.6) is 11.5 Å². The normalized spacial score (nSPS) is 16.2. The van der Waals surface area contributed by atoms with Crippen molar-refractivity contribution < 1.29 is 51.7 Å². The molecule has 2 aliphatic rings. The lowest BCUT2D eigenvalue weighted by molar-refractivity contribution is -0.224. The van der Waals surface area contributed by atoms with Crippen molar-refractivity contribution >= 4 is 65.3 Å². The molecule has 0 aliphatic carbocycles. The lowest BCUT2D eigenvalue weighted by Crippen LogP contribution is -2.42. The summed E-state index contributed by atoms with van der Waals surface area (Å²) in [6.45, 7) is 13.6. The fourth-order valence-electron chi connectivity index (χ4n) is 6.48. The van der Waals surface area contributed by atoms with Gasteiger partial charge in [-0.1, -0.05) is 52.0 Å². The average Bonchev–Trinajstić information content (AvgIpc) is 3.12. The summed E-state index contributed by atoms with van der Waals surface area (Å²) in [5.41, 5.74) is 4.06. The van der Waals surface area contributed by atoms with Crippen LogP contribution in [0.25, 0.3) is 21.8 Å². The Morgan fingerprint density at radius 2 is 0.964 bits per heavy atom. The Morgan fingerprint density at radius 3 is 1.29 bits per heavy atom. The molecule has 2 saturated heterocycles. The number of carbonyl (C=O) groups is 4. The Bertz CT molecular complexity index is 2180. The highest BCUT2D eigenvalue weighted by Gasteiger charge is 2.40. The molecule has 2 aromatic heterocycles. The lowest BCUT2D eigenvalue weighted by Gasteiger charge is -2.29. The van der Waals surface area contributed by atoms with Crippen molar-refractivity contribution in [2.24, 2.45) is 0 Å². The van der Waals surface area contributed by atoms with Crippen molar-refractivity contribution in [3.05, 3.63) is 82.5 Å². The van der Waals surface area contributed by atoms with Gasteiger partial charge in [0.2, 0.25) is 0 Å². The smallest absolute Gasteiger partial charge is 0.419 e. The van der Waals surface area contributed by atoms with Crippen LogP contribution in [-0.4, -0.2) is 45.4 Å². The first-order chi connectivity index (χ1) is 26.6. The molecule has 2 aliphatic heterocycles. The molecule has 0 saturated carbocycles. The van der Waals surface area contributed by atoms with E-state index in [9.17, 15) is 23.7 Å². The summed E-state index contributed by atoms with van der Waals surface area (Å²) < 4.78 is 47.0. The predicted octanol–water partition coefficient (Wildman–Crippen LogP) is 7.14. The van der Waals surface area contributed by atoms with E-state index in [4.69, 9.17) is 38.0 Å². The van der Waals surface area contributed by atoms with Gasteiger partial charge in [-0.05, 0) is 37.8 Å². The van der Waals surface area contributed by atoms with E-state index in [1.807, 2.05) is 39.8 Å². The third kappa shape index (κ3) is 7.90. The monoisotopic (exact) mass is 786 g/mol. The van der Waals surface area contributed by atoms with Crippen molar-refractivity contribution in [2.45, 2.75) is 92.6 Å². The number of benzene rings is 2. The largest absolute Gasteiger partial charge is 0.419 e. The second-order valence-electron chi connectivity index (χ2n) is 13.8. The Hall–Kier alpha value is -5.95. The van der Waals surface area contributed by atoms with Crippen LogP contribution in [0.15, 0.2) is 59.9 Å². The van der Waals surface area contributed by atoms with Crippen LogP contribution in [0.1, 0.15) is 77.9 Å². The van der Waals surface area contributed by atoms with Gasteiger partial charge in [0.05, 0.1) is 33.8 Å². The molecule has 4 heterocycles. The molecule has 0 bridgehead atoms. The summed E-state index contributed by atoms with van der Waals surface area (Å²) >= 11 is 0. The zero-order valence-corrected chi connectivity index (χ0v) is 33.3. The number of aromatic nitrogens is 2. The summed E-state index contributed by atoms with van der Waals surface area (Å²) in [6.07, 6.45) is 4.30. The first-order valence-corrected chi connectivity index (χ1v) is 19.5. The number of nitrogens with one attached hydrogen (secondary N) is 2. The van der Waals surface area contributed by atoms with Crippen LogP contribution >= 0.6 is 8.25 Å². The van der Waals surface area contributed by atoms with Crippen molar-refractivity contribution in [1.29, 1.82) is 0 Å². The number of esters is 4. The number of rotatable bonds is 12. The van der Waals surface area contributed by atoms with E-state index in [1.165, 1.54) is 40.1 Å². The van der Waals surface area contributed by atoms with Crippen LogP contribution in [0.2, 0.25) is 0 Å². The van der Waals surface area contributed by atoms with Crippen LogP contribution in [-0.2, 0) is 68.4 Å². The summed E-state index contributed by atoms with van der Waals surface area (Å²) in [5, 5.41) is 7.44. The molecule has 2 fully saturated rings. The van der Waals surface area contributed by atoms with Crippen molar-refractivity contribution in [3.8, 4) is 11.5 Å². The first kappa shape index (κ1) is 39.7. The van der Waals surface area contributed by atoms with E-state index in [0.29, 0.717) is 81.8 Å². The van der Waals surface area contributed by atoms with Crippen LogP contribution < -0.4 is 19.7 Å². The van der Waals surface area contributed by atoms with Crippen molar-refractivity contribution in [1.82, 2.24) is 9.97 Å². The predicted molar refractivity (Wildman–Crippen MR) is 207 cm³/mol. The van der Waals surface area contributed by atoms with E-state index in [0.717, 1.165) is 11.1 Å². The van der Waals surface area contributed by atoms with Crippen LogP contribution in [0, 0.1) is 0 Å². The fraction of sp³-hybridized carbons (Fsp3) is 0.350. The maximum atomic E-state index is 13.9. The molecule has 56 heavy (non-hydrogen) atoms. The van der Waals surface area contributed by atoms with Crippen LogP contribution in [0.4, 0.5) is 11.4 Å². The van der Waals surface area contributed by atoms with Gasteiger partial charge in [0, 0.05) is 62.0 Å². The number of aryl methyl sites for hydroxylation is 4. The van der Waals surface area contributed by atoms with Gasteiger partial charge >= 0.3 is 32.1 Å². The average molecular weight is 787 g/mol. The third-order valence-corrected chi connectivity index (χ3v) is 9.76. The van der Waals surface area contributed by atoms with Gasteiger partial charge in [0.1, 0.15) is 0 Å². The molecule has 294 valence electrons. The minimum absolute atomic E-state index is 0.295. The van der Waals surface area contributed by atoms with E-state index in [1.54, 1.807) is 24.3 Å². The number of hydrogen-bond acceptors (Lipinski definition) is 15. The molecule has 0 radical (unpaired) electrons. The quantitative estimate of drug-likeness (QED) is 0.0637. The van der Waals surface area contributed by atoms with E-state index < -0.39 is 43.7 Å². The van der Waals surface area contributed by atoms with E-state index in [-0.39, 0.29) is 11.1 Å². The maximum Gasteiger partial charge on any atom is 0.419 e. The molecule has 2 aromatic carbocycles. The van der Waals surface area contributed by atoms with Gasteiger partial charge in [0.15, 0.2) is 22.6 Å². The van der Waals surface area contributed by atoms with Gasteiger partial charge in [-0.3, -0.25) is 0 Å². The lowest BCUT2D eigenvalue weighted by atomic mass is 10.0. The number of fused-ring (bicyclic) bond motifs is 2. The van der Waals surface area contributed by atoms with Crippen molar-refractivity contribution in [2.75, 3.05) is 10.6 Å². The second-order valence-corrected chi connectivity index (χ2v) is 14.7. The number of pyridine rings is 2. The number of ether oxygens (including phenoxy) is 4. The highest BCUT2D eigenvalue weighted by atomic mass is 31.1. The van der Waals surface area contributed by atoms with E-state index >= 15 is 0 Å². The Labute approximate surface area is 323 Å². The summed E-state index contributed by atoms with van der Waals surface area (Å²) in [5.74, 6) is -5.31. The second kappa shape index (κ2) is 15.7. The zero-order valence-electron chi connectivity index (χ0n) is 32.3. The van der Waals surface area contributed by atoms with Gasteiger partial charge in [0.25, 0.3) is 11.6 Å². The van der Waals surface area contributed by atoms with Gasteiger partial charge < -0.3 is 38.6 Å². The summed E-state index contributed by atoms with van der Waals surface area (Å²) in [7, 11) is -3.26. The molecule has 15 nitrogen and oxygen atoms in total. The molecule has 2 N–H and O–H groups in total. The SMILES string of the molecule is CCc1nc2c(NC=C3C(=O)OC(C)(C)OC3=O)cccc2c(CC)c1O[PH](=O)Oc1c(CC)nc2c(NC=C3C(=O)OC(C)(C)OC3=O)cccc2c1CC. The first-order valence-electron chi connectivity index (χ1n) is 18.2. The summed E-state index contributed by atoms with van der Waals surface area (Å²) in [4.78, 5) is 59.8. The number of hydrogen-bond donors (Lipinski definition) is 2. The molecular weight excluding hydrogens is 743 g/mol. The standard InChI is InChI=1S/C40H43N4O11P/c1-9-21-23-15-13-17-29(41-19-25-35(45)50-39(5,6)51-36(25)46)31(23)43-27(11-3)33(21)54-56(49)55-34-22(10-2)24-16-14-18-30(32(24)44-28(34)12-4)42-20-26-37(47)52-40(7,8)53-38(26)48/h13-20,41-42,56H,9-12H2,1-8H3. The molecule has 0 amide bonds. The molecular formula is C40H43N4O11P. The Balaban J connectivity index is 1.30. The molecule has 16 heteroatoms. The van der Waals surface area contributed by atoms with Gasteiger partial charge in [-0.15, -0.1) is 0 Å². The fourth-order valence-corrected chi connectivity index (χ4v) is 7.34. The van der Waals surface area contributed by atoms with E-state index in [2.05, 4.69) is 10.6 Å². The summed E-state index contributed by atoms with van der Waals surface area (Å²) in [6, 6.07) is 10.8. The minimum Gasteiger partial charge on any atom is -0.419 e. The zero-order chi connectivity index (χ0) is 40.5. The highest BCUT2D eigenvalue weighted by Crippen LogP contribution is 2.43. The highest BCUT2D eigenvalue weighted by molar-refractivity contribution is 7.34. The number of carbonyl (C=O) groups excluding carboxylic acids is 4. The molecule has 0 spiro atoms. The molecule has 0 unspecified atom stereocenters. The van der Waals surface area contributed by atoms with Crippen molar-refractivity contribution in [3.63, 3.8) is 0 Å². The Kier molecular flexibility index (Phi) is 11.1. The third-order valence-electron chi connectivity index (χ3n) is 9.01. The topological polar surface area (TPSA) is 191 Å². The number of anilines is 2. The maximum absolute atomic E-state index is 13.9. The van der Waals surface area contributed by atoms with Gasteiger partial charge in [-0.25, -0.2) is 33.7 Å². The van der Waals surface area contributed by atoms with Gasteiger partial charge in [-0.2, -0.15) is 0 Å². The Morgan fingerprint density at radius 1 is 0.607 bits per heavy atom. The van der Waals surface area contributed by atoms with Crippen LogP contribution in [0.3, 0.4) is 0 Å². The number of cyclic esters (lactones) is 4. The number of nitrogens with zero attached hydrogens (tertiary/aromatic N) is 2. The number of para-hydroxylation sites is 2.